The molecule has 0 saturated carbocycles. The Morgan fingerprint density at radius 1 is 1.14 bits per heavy atom. The second-order valence-electron chi connectivity index (χ2n) is 4.90. The van der Waals surface area contributed by atoms with Crippen molar-refractivity contribution in [2.75, 3.05) is 11.4 Å². The molecule has 0 atom stereocenters. The van der Waals surface area contributed by atoms with E-state index in [0.29, 0.717) is 24.3 Å². The van der Waals surface area contributed by atoms with Gasteiger partial charge in [0.1, 0.15) is 17.2 Å². The van der Waals surface area contributed by atoms with Crippen molar-refractivity contribution in [1.29, 1.82) is 0 Å². The molecule has 9 heteroatoms. The average Bonchev–Trinajstić information content (AvgIpc) is 2.98. The van der Waals surface area contributed by atoms with Crippen LogP contribution in [0.25, 0.3) is 10.9 Å². The second kappa shape index (κ2) is 5.03. The van der Waals surface area contributed by atoms with Gasteiger partial charge in [0.2, 0.25) is 5.28 Å². The number of aromatic nitrogens is 5. The van der Waals surface area contributed by atoms with Crippen LogP contribution in [0, 0.1) is 5.82 Å². The third-order valence-electron chi connectivity index (χ3n) is 3.64. The Hall–Kier alpha value is -1.99. The van der Waals surface area contributed by atoms with E-state index in [1.807, 2.05) is 11.1 Å². The zero-order chi connectivity index (χ0) is 15.3. The molecule has 22 heavy (non-hydrogen) atoms. The summed E-state index contributed by atoms with van der Waals surface area (Å²) in [6, 6.07) is 0. The lowest BCUT2D eigenvalue weighted by Crippen LogP contribution is -2.34. The normalized spacial score (nSPS) is 14.4. The first kappa shape index (κ1) is 13.7. The molecule has 1 aliphatic rings. The first-order valence-corrected chi connectivity index (χ1v) is 7.31. The predicted octanol–water partition coefficient (Wildman–Crippen LogP) is 2.69. The Morgan fingerprint density at radius 2 is 2.00 bits per heavy atom. The van der Waals surface area contributed by atoms with Gasteiger partial charge in [-0.05, 0) is 11.6 Å². The van der Waals surface area contributed by atoms with Crippen molar-refractivity contribution in [3.63, 3.8) is 0 Å². The first-order valence-electron chi connectivity index (χ1n) is 6.55. The minimum absolute atomic E-state index is 0.0300. The lowest BCUT2D eigenvalue weighted by Gasteiger charge is -2.29. The number of anilines is 1. The van der Waals surface area contributed by atoms with E-state index < -0.39 is 5.82 Å². The molecule has 0 fully saturated rings. The first-order chi connectivity index (χ1) is 10.6. The quantitative estimate of drug-likeness (QED) is 0.504. The number of rotatable bonds is 1. The van der Waals surface area contributed by atoms with Crippen molar-refractivity contribution < 1.29 is 4.39 Å². The standard InChI is InChI=1S/C13H9Cl2FN6/c14-11-9(16)10-7(5-18-11)12(20-13(15)19-10)22-4-3-21-2-1-17-8(21)6-22/h1-2,5H,3-4,6H2. The molecule has 3 aromatic heterocycles. The molecule has 0 aromatic carbocycles. The third kappa shape index (κ3) is 2.08. The highest BCUT2D eigenvalue weighted by Crippen LogP contribution is 2.30. The van der Waals surface area contributed by atoms with Crippen molar-refractivity contribution >= 4 is 39.9 Å². The maximum Gasteiger partial charge on any atom is 0.225 e. The molecule has 6 nitrogen and oxygen atoms in total. The molecular formula is C13H9Cl2FN6. The molecule has 4 rings (SSSR count). The summed E-state index contributed by atoms with van der Waals surface area (Å²) < 4.78 is 16.2. The molecule has 0 spiro atoms. The molecule has 3 aromatic rings. The average molecular weight is 339 g/mol. The summed E-state index contributed by atoms with van der Waals surface area (Å²) in [5.41, 5.74) is 0.0731. The van der Waals surface area contributed by atoms with Crippen molar-refractivity contribution in [3.8, 4) is 0 Å². The van der Waals surface area contributed by atoms with Gasteiger partial charge in [0.25, 0.3) is 0 Å². The number of imidazole rings is 1. The molecule has 0 aliphatic carbocycles. The number of halogens is 3. The van der Waals surface area contributed by atoms with Crippen LogP contribution < -0.4 is 4.90 Å². The Labute approximate surface area is 134 Å². The maximum atomic E-state index is 14.1. The zero-order valence-electron chi connectivity index (χ0n) is 11.2. The largest absolute Gasteiger partial charge is 0.347 e. The Morgan fingerprint density at radius 3 is 2.86 bits per heavy atom. The summed E-state index contributed by atoms with van der Waals surface area (Å²) >= 11 is 11.7. The fourth-order valence-corrected chi connectivity index (χ4v) is 2.89. The fourth-order valence-electron chi connectivity index (χ4n) is 2.59. The summed E-state index contributed by atoms with van der Waals surface area (Å²) in [6.07, 6.45) is 5.15. The van der Waals surface area contributed by atoms with Gasteiger partial charge >= 0.3 is 0 Å². The van der Waals surface area contributed by atoms with Crippen LogP contribution in [0.5, 0.6) is 0 Å². The van der Waals surface area contributed by atoms with Crippen LogP contribution in [0.4, 0.5) is 10.2 Å². The minimum atomic E-state index is -0.691. The summed E-state index contributed by atoms with van der Waals surface area (Å²) in [5.74, 6) is 0.757. The van der Waals surface area contributed by atoms with Gasteiger partial charge in [0.15, 0.2) is 11.0 Å². The van der Waals surface area contributed by atoms with Gasteiger partial charge in [-0.15, -0.1) is 0 Å². The molecular weight excluding hydrogens is 330 g/mol. The predicted molar refractivity (Wildman–Crippen MR) is 80.6 cm³/mol. The third-order valence-corrected chi connectivity index (χ3v) is 4.07. The monoisotopic (exact) mass is 338 g/mol. The summed E-state index contributed by atoms with van der Waals surface area (Å²) in [7, 11) is 0. The van der Waals surface area contributed by atoms with Gasteiger partial charge < -0.3 is 9.47 Å². The lowest BCUT2D eigenvalue weighted by atomic mass is 10.2. The molecule has 0 N–H and O–H groups in total. The van der Waals surface area contributed by atoms with Gasteiger partial charge in [0, 0.05) is 31.7 Å². The summed E-state index contributed by atoms with van der Waals surface area (Å²) in [4.78, 5) is 18.3. The highest BCUT2D eigenvalue weighted by Gasteiger charge is 2.22. The number of hydrogen-bond acceptors (Lipinski definition) is 5. The van der Waals surface area contributed by atoms with Crippen LogP contribution in [0.2, 0.25) is 10.4 Å². The zero-order valence-corrected chi connectivity index (χ0v) is 12.7. The second-order valence-corrected chi connectivity index (χ2v) is 5.60. The lowest BCUT2D eigenvalue weighted by molar-refractivity contribution is 0.557. The molecule has 1 aliphatic heterocycles. The van der Waals surface area contributed by atoms with Crippen LogP contribution in [0.3, 0.4) is 0 Å². The van der Waals surface area contributed by atoms with Crippen LogP contribution in [-0.2, 0) is 13.1 Å². The van der Waals surface area contributed by atoms with Gasteiger partial charge in [-0.2, -0.15) is 4.98 Å². The molecule has 0 amide bonds. The molecule has 4 heterocycles. The molecule has 112 valence electrons. The van der Waals surface area contributed by atoms with E-state index in [1.165, 1.54) is 6.20 Å². The van der Waals surface area contributed by atoms with Gasteiger partial charge in [0.05, 0.1) is 11.9 Å². The van der Waals surface area contributed by atoms with Crippen molar-refractivity contribution in [2.45, 2.75) is 13.1 Å². The van der Waals surface area contributed by atoms with Gasteiger partial charge in [-0.1, -0.05) is 11.6 Å². The van der Waals surface area contributed by atoms with E-state index in [-0.39, 0.29) is 16.0 Å². The van der Waals surface area contributed by atoms with Crippen LogP contribution in [0.1, 0.15) is 5.82 Å². The topological polar surface area (TPSA) is 59.7 Å². The number of nitrogens with zero attached hydrogens (tertiary/aromatic N) is 6. The smallest absolute Gasteiger partial charge is 0.225 e. The van der Waals surface area contributed by atoms with E-state index in [1.54, 1.807) is 6.20 Å². The Bertz CT molecular complexity index is 880. The highest BCUT2D eigenvalue weighted by atomic mass is 35.5. The minimum Gasteiger partial charge on any atom is -0.347 e. The summed E-state index contributed by atoms with van der Waals surface area (Å²) in [6.45, 7) is 2.03. The van der Waals surface area contributed by atoms with Crippen LogP contribution in [-0.4, -0.2) is 31.0 Å². The van der Waals surface area contributed by atoms with Crippen molar-refractivity contribution in [3.05, 3.63) is 40.7 Å². The Balaban J connectivity index is 1.87. The van der Waals surface area contributed by atoms with E-state index in [4.69, 9.17) is 23.2 Å². The van der Waals surface area contributed by atoms with E-state index in [2.05, 4.69) is 24.5 Å². The molecule has 0 radical (unpaired) electrons. The molecule has 0 bridgehead atoms. The van der Waals surface area contributed by atoms with E-state index in [0.717, 1.165) is 12.4 Å². The van der Waals surface area contributed by atoms with E-state index >= 15 is 0 Å². The fraction of sp³-hybridized carbons (Fsp3) is 0.231. The van der Waals surface area contributed by atoms with Crippen LogP contribution >= 0.6 is 23.2 Å². The van der Waals surface area contributed by atoms with E-state index in [9.17, 15) is 4.39 Å². The number of fused-ring (bicyclic) bond motifs is 2. The Kier molecular flexibility index (Phi) is 3.12. The van der Waals surface area contributed by atoms with Crippen molar-refractivity contribution in [2.24, 2.45) is 0 Å². The van der Waals surface area contributed by atoms with Crippen molar-refractivity contribution in [1.82, 2.24) is 24.5 Å². The number of hydrogen-bond donors (Lipinski definition) is 0. The summed E-state index contributed by atoms with van der Waals surface area (Å²) in [5, 5.41) is 0.214. The number of pyridine rings is 1. The molecule has 0 unspecified atom stereocenters. The SMILES string of the molecule is Fc1c(Cl)ncc2c(N3CCn4ccnc4C3)nc(Cl)nc12. The van der Waals surface area contributed by atoms with Gasteiger partial charge in [-0.25, -0.2) is 19.3 Å². The molecule has 0 saturated heterocycles. The maximum absolute atomic E-state index is 14.1. The van der Waals surface area contributed by atoms with Gasteiger partial charge in [-0.3, -0.25) is 0 Å². The highest BCUT2D eigenvalue weighted by molar-refractivity contribution is 6.30. The van der Waals surface area contributed by atoms with Crippen LogP contribution in [0.15, 0.2) is 18.6 Å².